The molecule has 0 saturated heterocycles. The number of nitrogens with zero attached hydrogens (tertiary/aromatic N) is 1. The van der Waals surface area contributed by atoms with E-state index in [1.54, 1.807) is 6.21 Å². The molecule has 0 fully saturated rings. The van der Waals surface area contributed by atoms with Gasteiger partial charge in [-0.1, -0.05) is 35.9 Å². The fourth-order valence-corrected chi connectivity index (χ4v) is 2.17. The number of aryl methyl sites for hydroxylation is 1. The van der Waals surface area contributed by atoms with Crippen LogP contribution in [0.3, 0.4) is 0 Å². The van der Waals surface area contributed by atoms with Gasteiger partial charge in [0, 0.05) is 14.8 Å². The van der Waals surface area contributed by atoms with Crippen molar-refractivity contribution in [1.82, 2.24) is 5.43 Å². The summed E-state index contributed by atoms with van der Waals surface area (Å²) in [5.41, 5.74) is 5.58. The summed E-state index contributed by atoms with van der Waals surface area (Å²) >= 11 is 2.23. The molecular weight excluding hydrogens is 377 g/mol. The Hall–Kier alpha value is -1.89. The Bertz CT molecular complexity index is 638. The first-order chi connectivity index (χ1) is 10.1. The zero-order valence-electron chi connectivity index (χ0n) is 11.6. The molecule has 0 heterocycles. The molecule has 2 N–H and O–H groups in total. The molecular formula is C16H16IN3O. The van der Waals surface area contributed by atoms with Gasteiger partial charge in [0.2, 0.25) is 0 Å². The van der Waals surface area contributed by atoms with Crippen LogP contribution in [0.1, 0.15) is 11.1 Å². The Kier molecular flexibility index (Phi) is 5.74. The van der Waals surface area contributed by atoms with E-state index < -0.39 is 0 Å². The number of hydrazone groups is 1. The fraction of sp³-hybridized carbons (Fsp3) is 0.125. The fourth-order valence-electron chi connectivity index (χ4n) is 1.65. The van der Waals surface area contributed by atoms with Crippen molar-refractivity contribution in [3.05, 3.63) is 63.2 Å². The van der Waals surface area contributed by atoms with Crippen molar-refractivity contribution in [1.29, 1.82) is 0 Å². The molecule has 0 aliphatic carbocycles. The van der Waals surface area contributed by atoms with E-state index in [-0.39, 0.29) is 12.5 Å². The molecule has 0 bridgehead atoms. The third-order valence-electron chi connectivity index (χ3n) is 2.80. The molecule has 2 aromatic rings. The number of anilines is 1. The van der Waals surface area contributed by atoms with Crippen LogP contribution in [0.4, 0.5) is 5.69 Å². The third kappa shape index (κ3) is 5.18. The number of hydrogen-bond donors (Lipinski definition) is 2. The van der Waals surface area contributed by atoms with Crippen molar-refractivity contribution < 1.29 is 4.79 Å². The summed E-state index contributed by atoms with van der Waals surface area (Å²) in [6.45, 7) is 2.21. The van der Waals surface area contributed by atoms with E-state index in [0.717, 1.165) is 14.8 Å². The normalized spacial score (nSPS) is 10.6. The molecule has 108 valence electrons. The number of carbonyl (C=O) groups excluding carboxylic acids is 1. The van der Waals surface area contributed by atoms with Crippen molar-refractivity contribution in [3.8, 4) is 0 Å². The summed E-state index contributed by atoms with van der Waals surface area (Å²) in [6, 6.07) is 15.7. The van der Waals surface area contributed by atoms with Crippen LogP contribution < -0.4 is 10.7 Å². The number of carbonyl (C=O) groups is 1. The minimum atomic E-state index is -0.183. The van der Waals surface area contributed by atoms with Crippen molar-refractivity contribution in [2.45, 2.75) is 6.92 Å². The molecule has 0 aromatic heterocycles. The highest BCUT2D eigenvalue weighted by molar-refractivity contribution is 14.1. The Labute approximate surface area is 137 Å². The largest absolute Gasteiger partial charge is 0.376 e. The molecule has 21 heavy (non-hydrogen) atoms. The zero-order valence-corrected chi connectivity index (χ0v) is 13.8. The van der Waals surface area contributed by atoms with Crippen LogP contribution in [0.5, 0.6) is 0 Å². The van der Waals surface area contributed by atoms with E-state index in [2.05, 4.69) is 38.4 Å². The lowest BCUT2D eigenvalue weighted by molar-refractivity contribution is -0.119. The Balaban J connectivity index is 1.80. The SMILES string of the molecule is Cc1ccc(NCC(=O)N/N=C\c2ccccc2I)cc1. The first kappa shape index (κ1) is 15.5. The van der Waals surface area contributed by atoms with E-state index in [9.17, 15) is 4.79 Å². The summed E-state index contributed by atoms with van der Waals surface area (Å²) in [5, 5.41) is 7.00. The van der Waals surface area contributed by atoms with Gasteiger partial charge in [-0.05, 0) is 47.7 Å². The molecule has 0 atom stereocenters. The van der Waals surface area contributed by atoms with Gasteiger partial charge in [-0.25, -0.2) is 5.43 Å². The molecule has 0 saturated carbocycles. The standard InChI is InChI=1S/C16H16IN3O/c1-12-6-8-14(9-7-12)18-11-16(21)20-19-10-13-4-2-3-5-15(13)17/h2-10,18H,11H2,1H3,(H,20,21)/b19-10-. The number of halogens is 1. The second-order valence-electron chi connectivity index (χ2n) is 4.53. The molecule has 2 aromatic carbocycles. The average Bonchev–Trinajstić information content (AvgIpc) is 2.49. The highest BCUT2D eigenvalue weighted by atomic mass is 127. The molecule has 0 unspecified atom stereocenters. The number of amides is 1. The lowest BCUT2D eigenvalue weighted by atomic mass is 10.2. The minimum absolute atomic E-state index is 0.183. The van der Waals surface area contributed by atoms with Gasteiger partial charge in [-0.2, -0.15) is 5.10 Å². The lowest BCUT2D eigenvalue weighted by Gasteiger charge is -2.05. The Morgan fingerprint density at radius 2 is 1.90 bits per heavy atom. The minimum Gasteiger partial charge on any atom is -0.376 e. The highest BCUT2D eigenvalue weighted by Gasteiger charge is 1.99. The first-order valence-electron chi connectivity index (χ1n) is 6.52. The quantitative estimate of drug-likeness (QED) is 0.466. The summed E-state index contributed by atoms with van der Waals surface area (Å²) in [5.74, 6) is -0.183. The van der Waals surface area contributed by atoms with Crippen LogP contribution in [-0.2, 0) is 4.79 Å². The molecule has 2 rings (SSSR count). The Morgan fingerprint density at radius 3 is 2.62 bits per heavy atom. The second-order valence-corrected chi connectivity index (χ2v) is 5.70. The van der Waals surface area contributed by atoms with Gasteiger partial charge >= 0.3 is 0 Å². The van der Waals surface area contributed by atoms with Crippen LogP contribution in [-0.4, -0.2) is 18.7 Å². The predicted octanol–water partition coefficient (Wildman–Crippen LogP) is 3.16. The summed E-state index contributed by atoms with van der Waals surface area (Å²) in [7, 11) is 0. The average molecular weight is 393 g/mol. The third-order valence-corrected chi connectivity index (χ3v) is 3.79. The number of nitrogens with one attached hydrogen (secondary N) is 2. The van der Waals surface area contributed by atoms with E-state index in [0.29, 0.717) is 0 Å². The van der Waals surface area contributed by atoms with E-state index in [1.807, 2.05) is 55.5 Å². The second kappa shape index (κ2) is 7.78. The van der Waals surface area contributed by atoms with Crippen LogP contribution in [0.25, 0.3) is 0 Å². The van der Waals surface area contributed by atoms with E-state index >= 15 is 0 Å². The molecule has 0 radical (unpaired) electrons. The van der Waals surface area contributed by atoms with Gasteiger partial charge in [-0.15, -0.1) is 0 Å². The summed E-state index contributed by atoms with van der Waals surface area (Å²) in [6.07, 6.45) is 1.64. The van der Waals surface area contributed by atoms with Crippen LogP contribution in [0.15, 0.2) is 53.6 Å². The van der Waals surface area contributed by atoms with Gasteiger partial charge in [-0.3, -0.25) is 4.79 Å². The molecule has 0 spiro atoms. The zero-order chi connectivity index (χ0) is 15.1. The van der Waals surface area contributed by atoms with Gasteiger partial charge in [0.1, 0.15) is 0 Å². The smallest absolute Gasteiger partial charge is 0.259 e. The molecule has 0 aliphatic heterocycles. The van der Waals surface area contributed by atoms with E-state index in [1.165, 1.54) is 5.56 Å². The number of benzene rings is 2. The van der Waals surface area contributed by atoms with Crippen molar-refractivity contribution >= 4 is 40.4 Å². The number of rotatable bonds is 5. The number of hydrogen-bond acceptors (Lipinski definition) is 3. The van der Waals surface area contributed by atoms with Crippen molar-refractivity contribution in [2.24, 2.45) is 5.10 Å². The van der Waals surface area contributed by atoms with Crippen molar-refractivity contribution in [2.75, 3.05) is 11.9 Å². The van der Waals surface area contributed by atoms with Gasteiger partial charge < -0.3 is 5.32 Å². The molecule has 1 amide bonds. The molecule has 4 nitrogen and oxygen atoms in total. The lowest BCUT2D eigenvalue weighted by Crippen LogP contribution is -2.25. The molecule has 0 aliphatic rings. The van der Waals surface area contributed by atoms with Gasteiger partial charge in [0.15, 0.2) is 0 Å². The van der Waals surface area contributed by atoms with E-state index in [4.69, 9.17) is 0 Å². The first-order valence-corrected chi connectivity index (χ1v) is 7.60. The topological polar surface area (TPSA) is 53.5 Å². The van der Waals surface area contributed by atoms with Gasteiger partial charge in [0.25, 0.3) is 5.91 Å². The maximum atomic E-state index is 11.7. The molecule has 5 heteroatoms. The predicted molar refractivity (Wildman–Crippen MR) is 94.6 cm³/mol. The maximum absolute atomic E-state index is 11.7. The van der Waals surface area contributed by atoms with Gasteiger partial charge in [0.05, 0.1) is 12.8 Å². The summed E-state index contributed by atoms with van der Waals surface area (Å²) < 4.78 is 1.09. The van der Waals surface area contributed by atoms with Crippen molar-refractivity contribution in [3.63, 3.8) is 0 Å². The van der Waals surface area contributed by atoms with Crippen LogP contribution >= 0.6 is 22.6 Å². The Morgan fingerprint density at radius 1 is 1.19 bits per heavy atom. The summed E-state index contributed by atoms with van der Waals surface area (Å²) in [4.78, 5) is 11.7. The van der Waals surface area contributed by atoms with Crippen LogP contribution in [0, 0.1) is 10.5 Å². The monoisotopic (exact) mass is 393 g/mol. The van der Waals surface area contributed by atoms with Crippen LogP contribution in [0.2, 0.25) is 0 Å². The maximum Gasteiger partial charge on any atom is 0.259 e. The highest BCUT2D eigenvalue weighted by Crippen LogP contribution is 2.09.